The molecule has 0 bridgehead atoms. The zero-order chi connectivity index (χ0) is 23.3. The molecule has 1 aliphatic heterocycles. The van der Waals surface area contributed by atoms with Crippen LogP contribution in [0.15, 0.2) is 48.0 Å². The van der Waals surface area contributed by atoms with Crippen molar-refractivity contribution in [1.82, 2.24) is 5.32 Å². The Morgan fingerprint density at radius 1 is 1.09 bits per heavy atom. The summed E-state index contributed by atoms with van der Waals surface area (Å²) in [6.07, 6.45) is 2.31. The molecular weight excluding hydrogens is 432 g/mol. The normalized spacial score (nSPS) is 14.9. The van der Waals surface area contributed by atoms with E-state index in [-0.39, 0.29) is 17.3 Å². The van der Waals surface area contributed by atoms with Gasteiger partial charge in [-0.1, -0.05) is 25.1 Å². The second kappa shape index (κ2) is 10.1. The smallest absolute Gasteiger partial charge is 0.343 e. The average Bonchev–Trinajstić information content (AvgIpc) is 2.80. The maximum absolute atomic E-state index is 13.1. The number of nitrogens with zero attached hydrogens (tertiary/aromatic N) is 1. The van der Waals surface area contributed by atoms with Crippen molar-refractivity contribution in [3.63, 3.8) is 0 Å². The lowest BCUT2D eigenvalue weighted by atomic mass is 10.1. The van der Waals surface area contributed by atoms with Crippen LogP contribution in [-0.2, 0) is 25.5 Å². The van der Waals surface area contributed by atoms with Gasteiger partial charge in [0.2, 0.25) is 0 Å². The van der Waals surface area contributed by atoms with Crippen LogP contribution in [0.4, 0.5) is 5.69 Å². The van der Waals surface area contributed by atoms with Gasteiger partial charge in [-0.25, -0.2) is 4.79 Å². The number of hydrogen-bond donors (Lipinski definition) is 1. The maximum atomic E-state index is 13.1. The molecule has 9 heteroatoms. The molecule has 2 aromatic rings. The van der Waals surface area contributed by atoms with Crippen LogP contribution in [0.25, 0.3) is 6.08 Å². The molecule has 0 radical (unpaired) electrons. The second-order valence-corrected chi connectivity index (χ2v) is 7.14. The first-order valence-corrected chi connectivity index (χ1v) is 10.2. The minimum Gasteiger partial charge on any atom is -0.493 e. The van der Waals surface area contributed by atoms with Gasteiger partial charge in [-0.2, -0.15) is 0 Å². The van der Waals surface area contributed by atoms with Gasteiger partial charge < -0.3 is 14.2 Å². The second-order valence-electron chi connectivity index (χ2n) is 6.75. The fourth-order valence-corrected chi connectivity index (χ4v) is 3.31. The van der Waals surface area contributed by atoms with Gasteiger partial charge in [0.05, 0.1) is 19.9 Å². The number of ether oxygens (including phenoxy) is 3. The SMILES string of the molecule is CCc1ccc(N2C(=O)/C(=C/c3ccc(OCC(=O)OC)c(OC)c3)C(=O)NC2=S)cc1. The third kappa shape index (κ3) is 4.94. The molecule has 0 spiro atoms. The summed E-state index contributed by atoms with van der Waals surface area (Å²) in [5.41, 5.74) is 2.13. The molecule has 3 rings (SSSR count). The molecule has 2 amide bonds. The lowest BCUT2D eigenvalue weighted by Crippen LogP contribution is -2.54. The first-order chi connectivity index (χ1) is 15.4. The van der Waals surface area contributed by atoms with E-state index in [1.807, 2.05) is 19.1 Å². The molecule has 0 aliphatic carbocycles. The van der Waals surface area contributed by atoms with Gasteiger partial charge in [-0.3, -0.25) is 19.8 Å². The highest BCUT2D eigenvalue weighted by atomic mass is 32.1. The predicted molar refractivity (Wildman–Crippen MR) is 123 cm³/mol. The number of carbonyl (C=O) groups excluding carboxylic acids is 3. The van der Waals surface area contributed by atoms with Gasteiger partial charge in [0.15, 0.2) is 23.2 Å². The summed E-state index contributed by atoms with van der Waals surface area (Å²) in [5.74, 6) is -1.02. The summed E-state index contributed by atoms with van der Waals surface area (Å²) in [6, 6.07) is 12.2. The Morgan fingerprint density at radius 3 is 2.44 bits per heavy atom. The summed E-state index contributed by atoms with van der Waals surface area (Å²) in [6.45, 7) is 1.75. The lowest BCUT2D eigenvalue weighted by Gasteiger charge is -2.29. The molecule has 8 nitrogen and oxygen atoms in total. The molecule has 1 saturated heterocycles. The summed E-state index contributed by atoms with van der Waals surface area (Å²) in [4.78, 5) is 38.2. The van der Waals surface area contributed by atoms with Gasteiger partial charge in [0.25, 0.3) is 11.8 Å². The van der Waals surface area contributed by atoms with E-state index in [9.17, 15) is 14.4 Å². The summed E-state index contributed by atoms with van der Waals surface area (Å²) >= 11 is 5.23. The quantitative estimate of drug-likeness (QED) is 0.297. The lowest BCUT2D eigenvalue weighted by molar-refractivity contribution is -0.143. The molecule has 32 heavy (non-hydrogen) atoms. The van der Waals surface area contributed by atoms with E-state index in [4.69, 9.17) is 21.7 Å². The van der Waals surface area contributed by atoms with Crippen LogP contribution >= 0.6 is 12.2 Å². The maximum Gasteiger partial charge on any atom is 0.343 e. The highest BCUT2D eigenvalue weighted by Gasteiger charge is 2.34. The van der Waals surface area contributed by atoms with E-state index in [0.717, 1.165) is 12.0 Å². The Bertz CT molecular complexity index is 1090. The highest BCUT2D eigenvalue weighted by Crippen LogP contribution is 2.30. The number of rotatable bonds is 7. The molecule has 1 N–H and O–H groups in total. The van der Waals surface area contributed by atoms with Crippen LogP contribution in [-0.4, -0.2) is 43.7 Å². The van der Waals surface area contributed by atoms with Crippen LogP contribution < -0.4 is 19.7 Å². The molecule has 2 aromatic carbocycles. The Kier molecular flexibility index (Phi) is 7.21. The van der Waals surface area contributed by atoms with Crippen molar-refractivity contribution in [2.45, 2.75) is 13.3 Å². The zero-order valence-corrected chi connectivity index (χ0v) is 18.7. The van der Waals surface area contributed by atoms with Crippen molar-refractivity contribution in [2.24, 2.45) is 0 Å². The van der Waals surface area contributed by atoms with Crippen molar-refractivity contribution in [1.29, 1.82) is 0 Å². The molecule has 1 aliphatic rings. The number of aryl methyl sites for hydroxylation is 1. The van der Waals surface area contributed by atoms with Crippen molar-refractivity contribution >= 4 is 46.9 Å². The number of nitrogens with one attached hydrogen (secondary N) is 1. The molecular formula is C23H22N2O6S. The van der Waals surface area contributed by atoms with Gasteiger partial charge in [-0.15, -0.1) is 0 Å². The van der Waals surface area contributed by atoms with Crippen molar-refractivity contribution < 1.29 is 28.6 Å². The van der Waals surface area contributed by atoms with E-state index >= 15 is 0 Å². The number of carbonyl (C=O) groups is 3. The van der Waals surface area contributed by atoms with Crippen molar-refractivity contribution in [2.75, 3.05) is 25.7 Å². The molecule has 0 aromatic heterocycles. The number of anilines is 1. The molecule has 1 fully saturated rings. The number of hydrogen-bond acceptors (Lipinski definition) is 7. The third-order valence-electron chi connectivity index (χ3n) is 4.78. The van der Waals surface area contributed by atoms with Crippen molar-refractivity contribution in [3.05, 3.63) is 59.2 Å². The fourth-order valence-electron chi connectivity index (χ4n) is 3.03. The molecule has 0 saturated carbocycles. The van der Waals surface area contributed by atoms with Gasteiger partial charge in [0.1, 0.15) is 5.57 Å². The summed E-state index contributed by atoms with van der Waals surface area (Å²) in [5, 5.41) is 2.58. The van der Waals surface area contributed by atoms with Gasteiger partial charge >= 0.3 is 5.97 Å². The number of methoxy groups -OCH3 is 2. The standard InChI is InChI=1S/C23H22N2O6S/c1-4-14-5-8-16(9-6-14)25-22(28)17(21(27)24-23(25)32)11-15-7-10-18(19(12-15)29-2)31-13-20(26)30-3/h5-12H,4,13H2,1-3H3,(H,24,27,32)/b17-11+. The van der Waals surface area contributed by atoms with Crippen LogP contribution in [0, 0.1) is 0 Å². The molecule has 0 unspecified atom stereocenters. The number of amides is 2. The van der Waals surface area contributed by atoms with Gasteiger partial charge in [-0.05, 0) is 60.1 Å². The molecule has 0 atom stereocenters. The Hall–Kier alpha value is -3.72. The average molecular weight is 455 g/mol. The summed E-state index contributed by atoms with van der Waals surface area (Å²) in [7, 11) is 2.70. The van der Waals surface area contributed by atoms with Gasteiger partial charge in [0, 0.05) is 0 Å². The molecule has 1 heterocycles. The Labute approximate surface area is 190 Å². The first-order valence-electron chi connectivity index (χ1n) is 9.76. The summed E-state index contributed by atoms with van der Waals surface area (Å²) < 4.78 is 15.2. The van der Waals surface area contributed by atoms with E-state index in [1.165, 1.54) is 25.2 Å². The third-order valence-corrected chi connectivity index (χ3v) is 5.06. The first kappa shape index (κ1) is 23.0. The highest BCUT2D eigenvalue weighted by molar-refractivity contribution is 7.80. The van der Waals surface area contributed by atoms with Crippen LogP contribution in [0.3, 0.4) is 0 Å². The van der Waals surface area contributed by atoms with E-state index in [0.29, 0.717) is 22.7 Å². The van der Waals surface area contributed by atoms with Crippen molar-refractivity contribution in [3.8, 4) is 11.5 Å². The molecule has 166 valence electrons. The fraction of sp³-hybridized carbons (Fsp3) is 0.217. The van der Waals surface area contributed by atoms with E-state index < -0.39 is 17.8 Å². The monoisotopic (exact) mass is 454 g/mol. The number of esters is 1. The van der Waals surface area contributed by atoms with E-state index in [2.05, 4.69) is 10.1 Å². The van der Waals surface area contributed by atoms with E-state index in [1.54, 1.807) is 30.3 Å². The largest absolute Gasteiger partial charge is 0.493 e. The van der Waals surface area contributed by atoms with Crippen LogP contribution in [0.5, 0.6) is 11.5 Å². The number of thiocarbonyl (C=S) groups is 1. The minimum atomic E-state index is -0.591. The Morgan fingerprint density at radius 2 is 1.81 bits per heavy atom. The zero-order valence-electron chi connectivity index (χ0n) is 17.8. The predicted octanol–water partition coefficient (Wildman–Crippen LogP) is 2.64. The number of benzene rings is 2. The van der Waals surface area contributed by atoms with Crippen LogP contribution in [0.2, 0.25) is 0 Å². The Balaban J connectivity index is 1.90. The minimum absolute atomic E-state index is 0.0190. The topological polar surface area (TPSA) is 94.2 Å². The van der Waals surface area contributed by atoms with Crippen LogP contribution in [0.1, 0.15) is 18.1 Å².